The van der Waals surface area contributed by atoms with E-state index in [1.807, 2.05) is 0 Å². The maximum atomic E-state index is 11.8. The van der Waals surface area contributed by atoms with Crippen molar-refractivity contribution < 1.29 is 0 Å². The Hall–Kier alpha value is -1.56. The van der Waals surface area contributed by atoms with E-state index in [1.54, 1.807) is 0 Å². The van der Waals surface area contributed by atoms with Crippen molar-refractivity contribution >= 4 is 22.8 Å². The third kappa shape index (κ3) is 2.08. The SMILES string of the molecule is O=c1[nH]c(=O)n(CCCC2CC2)c2nc(Cl)[nH]c12. The van der Waals surface area contributed by atoms with Crippen molar-refractivity contribution in [2.75, 3.05) is 0 Å². The van der Waals surface area contributed by atoms with Gasteiger partial charge in [0.15, 0.2) is 11.2 Å². The lowest BCUT2D eigenvalue weighted by molar-refractivity contribution is 0.566. The minimum absolute atomic E-state index is 0.122. The molecule has 0 saturated heterocycles. The number of imidazole rings is 1. The lowest BCUT2D eigenvalue weighted by Crippen LogP contribution is -2.30. The topological polar surface area (TPSA) is 83.5 Å². The summed E-state index contributed by atoms with van der Waals surface area (Å²) in [7, 11) is 0. The molecule has 0 spiro atoms. The summed E-state index contributed by atoms with van der Waals surface area (Å²) in [5, 5.41) is 0.122. The van der Waals surface area contributed by atoms with Crippen molar-refractivity contribution in [2.45, 2.75) is 32.2 Å². The fourth-order valence-electron chi connectivity index (χ4n) is 2.16. The van der Waals surface area contributed by atoms with E-state index in [1.165, 1.54) is 17.4 Å². The number of fused-ring (bicyclic) bond motifs is 1. The first-order valence-corrected chi connectivity index (χ1v) is 6.41. The van der Waals surface area contributed by atoms with Crippen LogP contribution in [0.4, 0.5) is 0 Å². The summed E-state index contributed by atoms with van der Waals surface area (Å²) in [6.45, 7) is 0.559. The second kappa shape index (κ2) is 4.28. The zero-order valence-electron chi connectivity index (χ0n) is 9.70. The zero-order valence-corrected chi connectivity index (χ0v) is 10.5. The van der Waals surface area contributed by atoms with E-state index in [0.717, 1.165) is 18.8 Å². The number of aryl methyl sites for hydroxylation is 1. The molecule has 3 rings (SSSR count). The maximum absolute atomic E-state index is 11.8. The average molecular weight is 269 g/mol. The van der Waals surface area contributed by atoms with Crippen LogP contribution in [0.2, 0.25) is 5.28 Å². The van der Waals surface area contributed by atoms with Gasteiger partial charge in [-0.25, -0.2) is 4.79 Å². The summed E-state index contributed by atoms with van der Waals surface area (Å²) in [4.78, 5) is 32.3. The number of halogens is 1. The highest BCUT2D eigenvalue weighted by molar-refractivity contribution is 6.28. The molecule has 7 heteroatoms. The van der Waals surface area contributed by atoms with Gasteiger partial charge in [-0.1, -0.05) is 12.8 Å². The molecule has 0 atom stereocenters. The Morgan fingerprint density at radius 3 is 2.83 bits per heavy atom. The Morgan fingerprint density at radius 1 is 1.33 bits per heavy atom. The van der Waals surface area contributed by atoms with Crippen LogP contribution < -0.4 is 11.2 Å². The molecular formula is C11H13ClN4O2. The van der Waals surface area contributed by atoms with Gasteiger partial charge in [0.1, 0.15) is 0 Å². The highest BCUT2D eigenvalue weighted by Gasteiger charge is 2.20. The van der Waals surface area contributed by atoms with E-state index >= 15 is 0 Å². The van der Waals surface area contributed by atoms with Gasteiger partial charge in [-0.05, 0) is 30.4 Å². The molecule has 1 saturated carbocycles. The van der Waals surface area contributed by atoms with E-state index in [-0.39, 0.29) is 10.8 Å². The van der Waals surface area contributed by atoms with Gasteiger partial charge in [0.05, 0.1) is 0 Å². The first kappa shape index (κ1) is 11.5. The Balaban J connectivity index is 1.97. The summed E-state index contributed by atoms with van der Waals surface area (Å²) in [5.74, 6) is 0.821. The Labute approximate surface area is 107 Å². The van der Waals surface area contributed by atoms with Gasteiger partial charge in [-0.15, -0.1) is 0 Å². The van der Waals surface area contributed by atoms with E-state index in [2.05, 4.69) is 15.0 Å². The molecule has 2 aromatic heterocycles. The molecule has 2 aromatic rings. The maximum Gasteiger partial charge on any atom is 0.330 e. The van der Waals surface area contributed by atoms with E-state index in [9.17, 15) is 9.59 Å². The predicted molar refractivity (Wildman–Crippen MR) is 67.9 cm³/mol. The van der Waals surface area contributed by atoms with Gasteiger partial charge >= 0.3 is 5.69 Å². The standard InChI is InChI=1S/C11H13ClN4O2/c12-10-13-7-8(14-10)16(11(18)15-9(7)17)5-1-2-6-3-4-6/h6H,1-5H2,(H,13,14)(H,15,17,18). The zero-order chi connectivity index (χ0) is 12.7. The van der Waals surface area contributed by atoms with Gasteiger partial charge in [-0.2, -0.15) is 4.98 Å². The molecule has 2 heterocycles. The normalized spacial score (nSPS) is 15.4. The molecule has 0 aliphatic heterocycles. The first-order chi connectivity index (χ1) is 8.65. The van der Waals surface area contributed by atoms with Crippen molar-refractivity contribution in [3.8, 4) is 0 Å². The summed E-state index contributed by atoms with van der Waals surface area (Å²) in [5.41, 5.74) is -0.310. The lowest BCUT2D eigenvalue weighted by Gasteiger charge is -2.04. The number of hydrogen-bond donors (Lipinski definition) is 2. The smallest absolute Gasteiger partial charge is 0.323 e. The van der Waals surface area contributed by atoms with Crippen molar-refractivity contribution in [3.05, 3.63) is 26.1 Å². The minimum atomic E-state index is -0.479. The Kier molecular flexibility index (Phi) is 2.74. The van der Waals surface area contributed by atoms with E-state index in [4.69, 9.17) is 11.6 Å². The largest absolute Gasteiger partial charge is 0.330 e. The molecule has 18 heavy (non-hydrogen) atoms. The van der Waals surface area contributed by atoms with E-state index < -0.39 is 11.2 Å². The highest BCUT2D eigenvalue weighted by atomic mass is 35.5. The average Bonchev–Trinajstić information content (AvgIpc) is 3.04. The van der Waals surface area contributed by atoms with Crippen LogP contribution in [0.15, 0.2) is 9.59 Å². The van der Waals surface area contributed by atoms with Crippen LogP contribution in [-0.4, -0.2) is 19.5 Å². The number of hydrogen-bond acceptors (Lipinski definition) is 3. The molecule has 0 unspecified atom stereocenters. The van der Waals surface area contributed by atoms with Crippen LogP contribution in [-0.2, 0) is 6.54 Å². The van der Waals surface area contributed by atoms with Gasteiger partial charge < -0.3 is 4.98 Å². The molecule has 1 aliphatic rings. The fourth-order valence-corrected chi connectivity index (χ4v) is 2.34. The number of nitrogens with one attached hydrogen (secondary N) is 2. The molecule has 0 radical (unpaired) electrons. The monoisotopic (exact) mass is 268 g/mol. The first-order valence-electron chi connectivity index (χ1n) is 6.03. The lowest BCUT2D eigenvalue weighted by atomic mass is 10.2. The Bertz CT molecular complexity index is 695. The quantitative estimate of drug-likeness (QED) is 0.819. The third-order valence-corrected chi connectivity index (χ3v) is 3.47. The van der Waals surface area contributed by atoms with Gasteiger partial charge in [-0.3, -0.25) is 14.3 Å². The summed E-state index contributed by atoms with van der Waals surface area (Å²) in [6, 6.07) is 0. The number of H-pyrrole nitrogens is 2. The molecule has 1 aliphatic carbocycles. The number of nitrogens with zero attached hydrogens (tertiary/aromatic N) is 2. The fraction of sp³-hybridized carbons (Fsp3) is 0.545. The number of rotatable bonds is 4. The number of aromatic amines is 2. The molecule has 0 amide bonds. The van der Waals surface area contributed by atoms with Crippen molar-refractivity contribution in [1.29, 1.82) is 0 Å². The molecule has 0 aromatic carbocycles. The van der Waals surface area contributed by atoms with Gasteiger partial charge in [0.25, 0.3) is 5.56 Å². The second-order valence-corrected chi connectivity index (χ2v) is 5.08. The minimum Gasteiger partial charge on any atom is -0.323 e. The summed E-state index contributed by atoms with van der Waals surface area (Å²) in [6.07, 6.45) is 4.62. The van der Waals surface area contributed by atoms with Gasteiger partial charge in [0, 0.05) is 6.54 Å². The van der Waals surface area contributed by atoms with Crippen LogP contribution in [0.1, 0.15) is 25.7 Å². The Morgan fingerprint density at radius 2 is 2.11 bits per heavy atom. The van der Waals surface area contributed by atoms with Crippen LogP contribution in [0.5, 0.6) is 0 Å². The molecule has 96 valence electrons. The van der Waals surface area contributed by atoms with Crippen molar-refractivity contribution in [1.82, 2.24) is 19.5 Å². The van der Waals surface area contributed by atoms with Crippen LogP contribution in [0.3, 0.4) is 0 Å². The van der Waals surface area contributed by atoms with Crippen LogP contribution in [0, 0.1) is 5.92 Å². The highest BCUT2D eigenvalue weighted by Crippen LogP contribution is 2.33. The van der Waals surface area contributed by atoms with E-state index in [0.29, 0.717) is 12.2 Å². The molecule has 1 fully saturated rings. The third-order valence-electron chi connectivity index (χ3n) is 3.30. The van der Waals surface area contributed by atoms with Crippen LogP contribution in [0.25, 0.3) is 11.2 Å². The van der Waals surface area contributed by atoms with Crippen LogP contribution >= 0.6 is 11.6 Å². The van der Waals surface area contributed by atoms with Crippen molar-refractivity contribution in [3.63, 3.8) is 0 Å². The molecule has 0 bridgehead atoms. The number of aromatic nitrogens is 4. The predicted octanol–water partition coefficient (Wildman–Crippen LogP) is 1.26. The molecule has 6 nitrogen and oxygen atoms in total. The molecule has 2 N–H and O–H groups in total. The van der Waals surface area contributed by atoms with Gasteiger partial charge in [0.2, 0.25) is 5.28 Å². The summed E-state index contributed by atoms with van der Waals surface area (Å²) >= 11 is 5.74. The molecular weight excluding hydrogens is 256 g/mol. The summed E-state index contributed by atoms with van der Waals surface area (Å²) < 4.78 is 1.47. The second-order valence-electron chi connectivity index (χ2n) is 4.72. The van der Waals surface area contributed by atoms with Crippen molar-refractivity contribution in [2.24, 2.45) is 5.92 Å².